The van der Waals surface area contributed by atoms with Gasteiger partial charge in [-0.15, -0.1) is 10.2 Å². The van der Waals surface area contributed by atoms with E-state index in [1.54, 1.807) is 10.5 Å². The lowest BCUT2D eigenvalue weighted by Gasteiger charge is -2.07. The molecule has 0 aliphatic rings. The van der Waals surface area contributed by atoms with E-state index in [9.17, 15) is 23.3 Å². The van der Waals surface area contributed by atoms with Crippen LogP contribution in [0.25, 0.3) is 15.2 Å². The Bertz CT molecular complexity index is 1150. The highest BCUT2D eigenvalue weighted by Crippen LogP contribution is 2.33. The molecular formula is C16H9F3N4O2S2. The molecule has 0 N–H and O–H groups in total. The molecule has 0 radical (unpaired) electrons. The van der Waals surface area contributed by atoms with Crippen LogP contribution in [-0.4, -0.2) is 19.5 Å². The zero-order valence-corrected chi connectivity index (χ0v) is 14.9. The van der Waals surface area contributed by atoms with Crippen LogP contribution in [0.2, 0.25) is 0 Å². The molecule has 2 aromatic heterocycles. The van der Waals surface area contributed by atoms with Gasteiger partial charge in [0.05, 0.1) is 20.7 Å². The van der Waals surface area contributed by atoms with Crippen molar-refractivity contribution in [1.29, 1.82) is 0 Å². The number of benzene rings is 2. The lowest BCUT2D eigenvalue weighted by Crippen LogP contribution is -2.04. The zero-order chi connectivity index (χ0) is 19.2. The maximum absolute atomic E-state index is 12.6. The summed E-state index contributed by atoms with van der Waals surface area (Å²) < 4.78 is 40.5. The average molecular weight is 410 g/mol. The van der Waals surface area contributed by atoms with Crippen molar-refractivity contribution in [3.63, 3.8) is 0 Å². The topological polar surface area (TPSA) is 73.3 Å². The van der Waals surface area contributed by atoms with Crippen molar-refractivity contribution in [3.8, 4) is 0 Å². The van der Waals surface area contributed by atoms with Crippen LogP contribution >= 0.6 is 23.1 Å². The Morgan fingerprint density at radius 2 is 1.89 bits per heavy atom. The normalized spacial score (nSPS) is 12.1. The Kier molecular flexibility index (Phi) is 4.27. The van der Waals surface area contributed by atoms with Gasteiger partial charge in [-0.05, 0) is 23.8 Å². The number of aromatic nitrogens is 3. The summed E-state index contributed by atoms with van der Waals surface area (Å²) in [7, 11) is 0. The number of fused-ring (bicyclic) bond motifs is 3. The molecule has 0 aliphatic carbocycles. The van der Waals surface area contributed by atoms with Crippen molar-refractivity contribution in [1.82, 2.24) is 14.6 Å². The highest BCUT2D eigenvalue weighted by molar-refractivity contribution is 7.98. The van der Waals surface area contributed by atoms with Crippen molar-refractivity contribution in [2.75, 3.05) is 0 Å². The number of hydrogen-bond donors (Lipinski definition) is 0. The SMILES string of the molecule is O=[N+]([O-])c1ccc2sc3nnc(SCc4ccc(C(F)(F)F)cc4)n3c2c1. The quantitative estimate of drug-likeness (QED) is 0.264. The second kappa shape index (κ2) is 6.50. The lowest BCUT2D eigenvalue weighted by atomic mass is 10.1. The van der Waals surface area contributed by atoms with Crippen LogP contribution in [0, 0.1) is 10.1 Å². The average Bonchev–Trinajstić information content (AvgIpc) is 3.18. The molecule has 0 aliphatic heterocycles. The largest absolute Gasteiger partial charge is 0.416 e. The Balaban J connectivity index is 1.63. The molecular weight excluding hydrogens is 401 g/mol. The van der Waals surface area contributed by atoms with Crippen LogP contribution in [0.1, 0.15) is 11.1 Å². The number of alkyl halides is 3. The molecule has 6 nitrogen and oxygen atoms in total. The first kappa shape index (κ1) is 17.7. The molecule has 0 spiro atoms. The third-order valence-corrected chi connectivity index (χ3v) is 5.86. The fourth-order valence-electron chi connectivity index (χ4n) is 2.54. The van der Waals surface area contributed by atoms with Gasteiger partial charge in [0.25, 0.3) is 5.69 Å². The highest BCUT2D eigenvalue weighted by Gasteiger charge is 2.29. The molecule has 0 saturated heterocycles. The van der Waals surface area contributed by atoms with Crippen molar-refractivity contribution < 1.29 is 18.1 Å². The van der Waals surface area contributed by atoms with Crippen molar-refractivity contribution in [2.24, 2.45) is 0 Å². The molecule has 4 aromatic rings. The van der Waals surface area contributed by atoms with Crippen LogP contribution in [0.4, 0.5) is 18.9 Å². The number of nitro benzene ring substituents is 1. The summed E-state index contributed by atoms with van der Waals surface area (Å²) in [6, 6.07) is 9.48. The first-order chi connectivity index (χ1) is 12.8. The standard InChI is InChI=1S/C16H9F3N4O2S2/c17-16(18,19)10-3-1-9(2-4-10)8-26-14-20-21-15-22(14)12-7-11(23(24)25)5-6-13(12)27-15/h1-7H,8H2. The lowest BCUT2D eigenvalue weighted by molar-refractivity contribution is -0.384. The van der Waals surface area contributed by atoms with Crippen LogP contribution < -0.4 is 0 Å². The summed E-state index contributed by atoms with van der Waals surface area (Å²) in [6.07, 6.45) is -4.37. The predicted octanol–water partition coefficient (Wildman–Crippen LogP) is 5.16. The smallest absolute Gasteiger partial charge is 0.260 e. The number of halogens is 3. The summed E-state index contributed by atoms with van der Waals surface area (Å²) in [4.78, 5) is 11.1. The minimum absolute atomic E-state index is 0.0328. The number of thioether (sulfide) groups is 1. The number of nitro groups is 1. The molecule has 0 bridgehead atoms. The van der Waals surface area contributed by atoms with Crippen molar-refractivity contribution >= 4 is 44.0 Å². The minimum atomic E-state index is -4.37. The van der Waals surface area contributed by atoms with Crippen LogP contribution in [-0.2, 0) is 11.9 Å². The Morgan fingerprint density at radius 1 is 1.15 bits per heavy atom. The molecule has 0 fully saturated rings. The molecule has 2 heterocycles. The predicted molar refractivity (Wildman–Crippen MR) is 96.0 cm³/mol. The fraction of sp³-hybridized carbons (Fsp3) is 0.125. The molecule has 27 heavy (non-hydrogen) atoms. The summed E-state index contributed by atoms with van der Waals surface area (Å²) in [5.74, 6) is 0.394. The van der Waals surface area contributed by atoms with Crippen LogP contribution in [0.15, 0.2) is 47.6 Å². The van der Waals surface area contributed by atoms with Gasteiger partial charge in [-0.1, -0.05) is 35.2 Å². The Labute approximate surface area is 157 Å². The molecule has 0 saturated carbocycles. The van der Waals surface area contributed by atoms with E-state index in [1.807, 2.05) is 0 Å². The van der Waals surface area contributed by atoms with Gasteiger partial charge in [-0.3, -0.25) is 14.5 Å². The molecule has 0 atom stereocenters. The molecule has 4 rings (SSSR count). The molecule has 11 heteroatoms. The second-order valence-electron chi connectivity index (χ2n) is 5.60. The van der Waals surface area contributed by atoms with Gasteiger partial charge >= 0.3 is 6.18 Å². The van der Waals surface area contributed by atoms with Gasteiger partial charge in [0, 0.05) is 17.9 Å². The van der Waals surface area contributed by atoms with Gasteiger partial charge < -0.3 is 0 Å². The summed E-state index contributed by atoms with van der Waals surface area (Å²) in [5, 5.41) is 19.7. The number of rotatable bonds is 4. The molecule has 0 unspecified atom stereocenters. The van der Waals surface area contributed by atoms with Crippen LogP contribution in [0.3, 0.4) is 0 Å². The molecule has 0 amide bonds. The van der Waals surface area contributed by atoms with Gasteiger partial charge in [0.2, 0.25) is 4.96 Å². The fourth-order valence-corrected chi connectivity index (χ4v) is 4.44. The third kappa shape index (κ3) is 3.35. The third-order valence-electron chi connectivity index (χ3n) is 3.85. The van der Waals surface area contributed by atoms with E-state index in [0.29, 0.717) is 27.0 Å². The summed E-state index contributed by atoms with van der Waals surface area (Å²) in [6.45, 7) is 0. The molecule has 138 valence electrons. The van der Waals surface area contributed by atoms with E-state index in [-0.39, 0.29) is 5.69 Å². The van der Waals surface area contributed by atoms with Crippen molar-refractivity contribution in [2.45, 2.75) is 17.1 Å². The summed E-state index contributed by atoms with van der Waals surface area (Å²) >= 11 is 2.66. The minimum Gasteiger partial charge on any atom is -0.260 e. The number of non-ortho nitro benzene ring substituents is 1. The first-order valence-corrected chi connectivity index (χ1v) is 9.34. The van der Waals surface area contributed by atoms with E-state index in [0.717, 1.165) is 16.8 Å². The van der Waals surface area contributed by atoms with E-state index in [2.05, 4.69) is 10.2 Å². The Morgan fingerprint density at radius 3 is 2.56 bits per heavy atom. The van der Waals surface area contributed by atoms with Gasteiger partial charge in [0.15, 0.2) is 5.16 Å². The van der Waals surface area contributed by atoms with E-state index in [4.69, 9.17) is 0 Å². The van der Waals surface area contributed by atoms with E-state index < -0.39 is 16.7 Å². The highest BCUT2D eigenvalue weighted by atomic mass is 32.2. The maximum atomic E-state index is 12.6. The van der Waals surface area contributed by atoms with Crippen molar-refractivity contribution in [3.05, 3.63) is 63.7 Å². The molecule has 2 aromatic carbocycles. The van der Waals surface area contributed by atoms with Gasteiger partial charge in [-0.25, -0.2) is 0 Å². The monoisotopic (exact) mass is 410 g/mol. The van der Waals surface area contributed by atoms with E-state index >= 15 is 0 Å². The van der Waals surface area contributed by atoms with Gasteiger partial charge in [-0.2, -0.15) is 13.2 Å². The zero-order valence-electron chi connectivity index (χ0n) is 13.3. The van der Waals surface area contributed by atoms with Gasteiger partial charge in [0.1, 0.15) is 0 Å². The number of thiazole rings is 1. The maximum Gasteiger partial charge on any atom is 0.416 e. The second-order valence-corrected chi connectivity index (χ2v) is 7.55. The summed E-state index contributed by atoms with van der Waals surface area (Å²) in [5.41, 5.74) is 0.603. The van der Waals surface area contributed by atoms with E-state index in [1.165, 1.54) is 47.4 Å². The number of nitrogens with zero attached hydrogens (tertiary/aromatic N) is 4. The Hall–Kier alpha value is -2.66. The van der Waals surface area contributed by atoms with Crippen LogP contribution in [0.5, 0.6) is 0 Å². The number of hydrogen-bond acceptors (Lipinski definition) is 6. The first-order valence-electron chi connectivity index (χ1n) is 7.54.